The molecule has 0 bridgehead atoms. The van der Waals surface area contributed by atoms with E-state index in [1.165, 1.54) is 24.3 Å². The number of alkyl halides is 3. The zero-order chi connectivity index (χ0) is 33.3. The van der Waals surface area contributed by atoms with Crippen LogP contribution in [-0.2, 0) is 25.7 Å². The number of nitrogens with one attached hydrogen (secondary N) is 1. The summed E-state index contributed by atoms with van der Waals surface area (Å²) in [6.45, 7) is 6.04. The van der Waals surface area contributed by atoms with E-state index < -0.39 is 11.9 Å². The third kappa shape index (κ3) is 6.83. The van der Waals surface area contributed by atoms with Gasteiger partial charge in [0.1, 0.15) is 24.0 Å². The van der Waals surface area contributed by atoms with Gasteiger partial charge < -0.3 is 14.2 Å². The molecule has 47 heavy (non-hydrogen) atoms. The van der Waals surface area contributed by atoms with E-state index in [4.69, 9.17) is 9.72 Å². The lowest BCUT2D eigenvalue weighted by Gasteiger charge is -2.23. The largest absolute Gasteiger partial charge is 0.480 e. The third-order valence-corrected chi connectivity index (χ3v) is 7.90. The van der Waals surface area contributed by atoms with Crippen LogP contribution in [0.3, 0.4) is 0 Å². The lowest BCUT2D eigenvalue weighted by Crippen LogP contribution is -2.26. The van der Waals surface area contributed by atoms with Crippen molar-refractivity contribution in [3.63, 3.8) is 0 Å². The van der Waals surface area contributed by atoms with Gasteiger partial charge in [-0.1, -0.05) is 31.2 Å². The van der Waals surface area contributed by atoms with Crippen molar-refractivity contribution in [3.8, 4) is 28.7 Å². The van der Waals surface area contributed by atoms with Gasteiger partial charge in [-0.05, 0) is 44.7 Å². The standard InChI is InChI=1S/C32H33F3N10O2/c1-5-20-12-23(42-43-29(20)46)14-44(31-39-17-37-27(41-31)25-26(21-10-11-21)36-16-38-30(25)47-4)13-19-6-8-22(9-7-19)28-40-24(32(33,34)35)15-45(28)18(2)3/h6-9,12,15-18,21H,5,10-11,13-14H2,1-4H3,(H,43,46). The van der Waals surface area contributed by atoms with Gasteiger partial charge >= 0.3 is 6.18 Å². The molecule has 0 aliphatic heterocycles. The first kappa shape index (κ1) is 31.8. The van der Waals surface area contributed by atoms with Gasteiger partial charge in [0.2, 0.25) is 11.8 Å². The van der Waals surface area contributed by atoms with Crippen molar-refractivity contribution < 1.29 is 17.9 Å². The van der Waals surface area contributed by atoms with Gasteiger partial charge in [0.25, 0.3) is 5.56 Å². The second-order valence-corrected chi connectivity index (χ2v) is 11.6. The zero-order valence-corrected chi connectivity index (χ0v) is 26.3. The highest BCUT2D eigenvalue weighted by atomic mass is 19.4. The van der Waals surface area contributed by atoms with Gasteiger partial charge in [0.05, 0.1) is 25.0 Å². The quantitative estimate of drug-likeness (QED) is 0.195. The fraction of sp³-hybridized carbons (Fsp3) is 0.375. The number of halogens is 3. The number of aromatic amines is 1. The summed E-state index contributed by atoms with van der Waals surface area (Å²) in [5, 5.41) is 6.82. The predicted octanol–water partition coefficient (Wildman–Crippen LogP) is 5.53. The molecule has 1 saturated carbocycles. The Balaban J connectivity index is 1.37. The molecule has 0 saturated heterocycles. The number of nitrogens with zero attached hydrogens (tertiary/aromatic N) is 9. The van der Waals surface area contributed by atoms with E-state index in [0.717, 1.165) is 30.3 Å². The normalized spacial score (nSPS) is 13.3. The Morgan fingerprint density at radius 1 is 1.04 bits per heavy atom. The maximum absolute atomic E-state index is 13.5. The molecule has 0 atom stereocenters. The average Bonchev–Trinajstić information content (AvgIpc) is 3.81. The maximum atomic E-state index is 13.5. The molecule has 15 heteroatoms. The number of imidazole rings is 1. The molecule has 5 aromatic rings. The summed E-state index contributed by atoms with van der Waals surface area (Å²) >= 11 is 0. The lowest BCUT2D eigenvalue weighted by molar-refractivity contribution is -0.140. The Kier molecular flexibility index (Phi) is 8.71. The maximum Gasteiger partial charge on any atom is 0.434 e. The number of hydrogen-bond acceptors (Lipinski definition) is 10. The molecule has 0 unspecified atom stereocenters. The molecule has 0 spiro atoms. The Morgan fingerprint density at radius 2 is 1.79 bits per heavy atom. The van der Waals surface area contributed by atoms with Gasteiger partial charge in [-0.25, -0.2) is 30.0 Å². The number of anilines is 1. The van der Waals surface area contributed by atoms with Gasteiger partial charge in [0, 0.05) is 35.8 Å². The third-order valence-electron chi connectivity index (χ3n) is 7.90. The Hall–Kier alpha value is -5.21. The van der Waals surface area contributed by atoms with Crippen LogP contribution in [0.1, 0.15) is 73.8 Å². The van der Waals surface area contributed by atoms with E-state index in [0.29, 0.717) is 53.0 Å². The Bertz CT molecular complexity index is 1940. The van der Waals surface area contributed by atoms with Crippen molar-refractivity contribution in [2.24, 2.45) is 0 Å². The first-order valence-electron chi connectivity index (χ1n) is 15.2. The fourth-order valence-corrected chi connectivity index (χ4v) is 5.32. The number of aromatic nitrogens is 9. The molecule has 1 aromatic carbocycles. The van der Waals surface area contributed by atoms with Crippen LogP contribution in [0.5, 0.6) is 5.88 Å². The number of ether oxygens (including phenoxy) is 1. The van der Waals surface area contributed by atoms with Crippen LogP contribution in [0.4, 0.5) is 19.1 Å². The van der Waals surface area contributed by atoms with E-state index in [1.807, 2.05) is 24.0 Å². The first-order chi connectivity index (χ1) is 22.5. The number of methoxy groups -OCH3 is 1. The van der Waals surface area contributed by atoms with Crippen LogP contribution >= 0.6 is 0 Å². The molecule has 244 valence electrons. The van der Waals surface area contributed by atoms with Gasteiger partial charge in [-0.15, -0.1) is 0 Å². The second kappa shape index (κ2) is 12.9. The van der Waals surface area contributed by atoms with E-state index in [1.54, 1.807) is 32.0 Å². The molecule has 1 aliphatic rings. The van der Waals surface area contributed by atoms with Crippen molar-refractivity contribution in [2.45, 2.75) is 71.3 Å². The molecule has 12 nitrogen and oxygen atoms in total. The molecular formula is C32H33F3N10O2. The minimum atomic E-state index is -4.55. The van der Waals surface area contributed by atoms with Crippen molar-refractivity contribution >= 4 is 5.95 Å². The van der Waals surface area contributed by atoms with Gasteiger partial charge in [-0.2, -0.15) is 23.3 Å². The number of rotatable bonds is 11. The van der Waals surface area contributed by atoms with Crippen LogP contribution in [0, 0.1) is 0 Å². The van der Waals surface area contributed by atoms with Gasteiger partial charge in [0.15, 0.2) is 11.5 Å². The molecule has 0 radical (unpaired) electrons. The summed E-state index contributed by atoms with van der Waals surface area (Å²) in [4.78, 5) is 40.6. The summed E-state index contributed by atoms with van der Waals surface area (Å²) in [7, 11) is 1.53. The molecule has 4 aromatic heterocycles. The highest BCUT2D eigenvalue weighted by Gasteiger charge is 2.35. The highest BCUT2D eigenvalue weighted by Crippen LogP contribution is 2.45. The number of aryl methyl sites for hydroxylation is 1. The Morgan fingerprint density at radius 3 is 2.45 bits per heavy atom. The minimum Gasteiger partial charge on any atom is -0.480 e. The van der Waals surface area contributed by atoms with Crippen molar-refractivity contribution in [2.75, 3.05) is 12.0 Å². The van der Waals surface area contributed by atoms with Crippen LogP contribution < -0.4 is 15.2 Å². The fourth-order valence-electron chi connectivity index (χ4n) is 5.32. The Labute approximate surface area is 268 Å². The molecular weight excluding hydrogens is 613 g/mol. The van der Waals surface area contributed by atoms with E-state index in [-0.39, 0.29) is 29.9 Å². The number of H-pyrrole nitrogens is 1. The highest BCUT2D eigenvalue weighted by molar-refractivity contribution is 5.66. The molecule has 4 heterocycles. The second-order valence-electron chi connectivity index (χ2n) is 11.6. The van der Waals surface area contributed by atoms with E-state index in [2.05, 4.69) is 35.1 Å². The molecule has 1 fully saturated rings. The molecule has 1 N–H and O–H groups in total. The predicted molar refractivity (Wildman–Crippen MR) is 167 cm³/mol. The zero-order valence-electron chi connectivity index (χ0n) is 26.3. The van der Waals surface area contributed by atoms with Gasteiger partial charge in [-0.3, -0.25) is 4.79 Å². The molecule has 1 aliphatic carbocycles. The van der Waals surface area contributed by atoms with Crippen LogP contribution in [0.25, 0.3) is 22.8 Å². The summed E-state index contributed by atoms with van der Waals surface area (Å²) in [6.07, 6.45) is 1.90. The minimum absolute atomic E-state index is 0.228. The first-order valence-corrected chi connectivity index (χ1v) is 15.2. The van der Waals surface area contributed by atoms with Crippen molar-refractivity contribution in [1.82, 2.24) is 44.7 Å². The smallest absolute Gasteiger partial charge is 0.434 e. The summed E-state index contributed by atoms with van der Waals surface area (Å²) in [6, 6.07) is 8.67. The SMILES string of the molecule is CCc1cc(CN(Cc2ccc(-c3nc(C(F)(F)F)cn3C(C)C)cc2)c2ncnc(-c3c(OC)ncnc3C3CC3)n2)n[nH]c1=O. The van der Waals surface area contributed by atoms with Crippen LogP contribution in [-0.4, -0.2) is 51.8 Å². The topological polar surface area (TPSA) is 140 Å². The molecule has 6 rings (SSSR count). The van der Waals surface area contributed by atoms with Crippen molar-refractivity contribution in [1.29, 1.82) is 0 Å². The van der Waals surface area contributed by atoms with Crippen LogP contribution in [0.2, 0.25) is 0 Å². The van der Waals surface area contributed by atoms with E-state index in [9.17, 15) is 18.0 Å². The van der Waals surface area contributed by atoms with Crippen LogP contribution in [0.15, 0.2) is 54.0 Å². The van der Waals surface area contributed by atoms with E-state index >= 15 is 0 Å². The number of benzene rings is 1. The summed E-state index contributed by atoms with van der Waals surface area (Å²) in [5.74, 6) is 1.56. The molecule has 0 amide bonds. The summed E-state index contributed by atoms with van der Waals surface area (Å²) in [5.41, 5.74) is 2.80. The van der Waals surface area contributed by atoms with Crippen molar-refractivity contribution in [3.05, 3.63) is 87.7 Å². The monoisotopic (exact) mass is 646 g/mol. The lowest BCUT2D eigenvalue weighted by atomic mass is 10.1. The number of hydrogen-bond donors (Lipinski definition) is 1. The summed E-state index contributed by atoms with van der Waals surface area (Å²) < 4.78 is 47.5. The average molecular weight is 647 g/mol.